The molecule has 2 aromatic carbocycles. The lowest BCUT2D eigenvalue weighted by atomic mass is 9.94. The minimum absolute atomic E-state index is 0.177. The van der Waals surface area contributed by atoms with Crippen LogP contribution < -0.4 is 10.6 Å². The van der Waals surface area contributed by atoms with Gasteiger partial charge >= 0.3 is 12.0 Å². The van der Waals surface area contributed by atoms with Crippen LogP contribution in [-0.4, -0.2) is 36.5 Å². The molecule has 1 atom stereocenters. The third-order valence-electron chi connectivity index (χ3n) is 4.81. The van der Waals surface area contributed by atoms with Crippen LogP contribution in [0.25, 0.3) is 0 Å². The number of nitrogens with one attached hydrogen (secondary N) is 2. The first-order valence-electron chi connectivity index (χ1n) is 9.40. The van der Waals surface area contributed by atoms with Crippen LogP contribution in [0.3, 0.4) is 0 Å². The third kappa shape index (κ3) is 4.32. The average molecular weight is 411 g/mol. The van der Waals surface area contributed by atoms with Crippen molar-refractivity contribution in [3.63, 3.8) is 0 Å². The van der Waals surface area contributed by atoms with E-state index in [4.69, 9.17) is 4.74 Å². The Morgan fingerprint density at radius 3 is 2.63 bits per heavy atom. The molecule has 7 nitrogen and oxygen atoms in total. The van der Waals surface area contributed by atoms with Crippen molar-refractivity contribution in [2.75, 3.05) is 19.0 Å². The standard InChI is InChI=1S/C22H22FN3O4/c1-4-30-21(28)18-13(2)26(3)22(29)25-19(18)14-7-6-10-17(12-14)24-20(27)15-8-5-9-16(23)11-15/h5-12,19H,4H2,1-3H3,(H,24,27)(H,25,29)/t19-/m0/s1. The molecule has 1 heterocycles. The number of nitrogens with zero attached hydrogens (tertiary/aromatic N) is 1. The fourth-order valence-corrected chi connectivity index (χ4v) is 3.19. The fourth-order valence-electron chi connectivity index (χ4n) is 3.19. The average Bonchev–Trinajstić information content (AvgIpc) is 2.72. The molecule has 1 aliphatic heterocycles. The molecule has 2 aromatic rings. The van der Waals surface area contributed by atoms with Gasteiger partial charge in [-0.1, -0.05) is 18.2 Å². The van der Waals surface area contributed by atoms with Gasteiger partial charge in [0.05, 0.1) is 18.2 Å². The first-order chi connectivity index (χ1) is 14.3. The van der Waals surface area contributed by atoms with E-state index >= 15 is 0 Å². The minimum Gasteiger partial charge on any atom is -0.463 e. The van der Waals surface area contributed by atoms with E-state index in [1.807, 2.05) is 0 Å². The van der Waals surface area contributed by atoms with Crippen LogP contribution in [0.1, 0.15) is 35.8 Å². The number of carbonyl (C=O) groups is 3. The number of urea groups is 1. The van der Waals surface area contributed by atoms with Crippen molar-refractivity contribution in [3.8, 4) is 0 Å². The highest BCUT2D eigenvalue weighted by Crippen LogP contribution is 2.31. The molecule has 0 spiro atoms. The van der Waals surface area contributed by atoms with Crippen molar-refractivity contribution in [3.05, 3.63) is 76.7 Å². The second kappa shape index (κ2) is 8.77. The lowest BCUT2D eigenvalue weighted by molar-refractivity contribution is -0.139. The van der Waals surface area contributed by atoms with Crippen LogP contribution in [0.4, 0.5) is 14.9 Å². The van der Waals surface area contributed by atoms with Crippen molar-refractivity contribution in [1.29, 1.82) is 0 Å². The Labute approximate surface area is 173 Å². The second-order valence-electron chi connectivity index (χ2n) is 6.75. The number of anilines is 1. The third-order valence-corrected chi connectivity index (χ3v) is 4.81. The van der Waals surface area contributed by atoms with Gasteiger partial charge < -0.3 is 20.3 Å². The van der Waals surface area contributed by atoms with Gasteiger partial charge in [-0.25, -0.2) is 14.0 Å². The van der Waals surface area contributed by atoms with Gasteiger partial charge in [0.1, 0.15) is 5.82 Å². The zero-order valence-electron chi connectivity index (χ0n) is 16.9. The Kier molecular flexibility index (Phi) is 6.15. The van der Waals surface area contributed by atoms with Crippen LogP contribution in [0, 0.1) is 5.82 Å². The Bertz CT molecular complexity index is 1030. The van der Waals surface area contributed by atoms with Crippen molar-refractivity contribution in [2.24, 2.45) is 0 Å². The van der Waals surface area contributed by atoms with Crippen LogP contribution in [0.5, 0.6) is 0 Å². The predicted octanol–water partition coefficient (Wildman–Crippen LogP) is 3.61. The summed E-state index contributed by atoms with van der Waals surface area (Å²) in [6.07, 6.45) is 0. The number of benzene rings is 2. The fraction of sp³-hybridized carbons (Fsp3) is 0.227. The number of ether oxygens (including phenoxy) is 1. The SMILES string of the molecule is CCOC(=O)C1=C(C)N(C)C(=O)N[C@H]1c1cccc(NC(=O)c2cccc(F)c2)c1. The van der Waals surface area contributed by atoms with E-state index < -0.39 is 23.7 Å². The molecule has 156 valence electrons. The molecule has 3 amide bonds. The topological polar surface area (TPSA) is 87.7 Å². The van der Waals surface area contributed by atoms with Crippen molar-refractivity contribution in [1.82, 2.24) is 10.2 Å². The molecule has 0 aromatic heterocycles. The Hall–Kier alpha value is -3.68. The highest BCUT2D eigenvalue weighted by Gasteiger charge is 2.35. The molecule has 0 saturated heterocycles. The zero-order valence-corrected chi connectivity index (χ0v) is 16.9. The summed E-state index contributed by atoms with van der Waals surface area (Å²) in [5, 5.41) is 5.49. The molecule has 8 heteroatoms. The molecule has 30 heavy (non-hydrogen) atoms. The van der Waals surface area contributed by atoms with E-state index in [0.29, 0.717) is 22.5 Å². The van der Waals surface area contributed by atoms with Crippen LogP contribution in [-0.2, 0) is 9.53 Å². The molecule has 0 radical (unpaired) electrons. The van der Waals surface area contributed by atoms with Crippen LogP contribution in [0.15, 0.2) is 59.8 Å². The molecule has 0 aliphatic carbocycles. The molecule has 0 fully saturated rings. The first kappa shape index (κ1) is 21.0. The summed E-state index contributed by atoms with van der Waals surface area (Å²) in [5.74, 6) is -1.51. The maximum Gasteiger partial charge on any atom is 0.338 e. The van der Waals surface area contributed by atoms with Crippen molar-refractivity contribution < 1.29 is 23.5 Å². The number of carbonyl (C=O) groups excluding carboxylic acids is 3. The Morgan fingerprint density at radius 1 is 1.20 bits per heavy atom. The van der Waals surface area contributed by atoms with Crippen molar-refractivity contribution in [2.45, 2.75) is 19.9 Å². The van der Waals surface area contributed by atoms with Gasteiger partial charge in [0.15, 0.2) is 0 Å². The molecule has 3 rings (SSSR count). The molecule has 0 saturated carbocycles. The second-order valence-corrected chi connectivity index (χ2v) is 6.75. The summed E-state index contributed by atoms with van der Waals surface area (Å²) in [4.78, 5) is 38.6. The molecular weight excluding hydrogens is 389 g/mol. The lowest BCUT2D eigenvalue weighted by Crippen LogP contribution is -2.46. The predicted molar refractivity (Wildman–Crippen MR) is 109 cm³/mol. The van der Waals surface area contributed by atoms with E-state index in [-0.39, 0.29) is 18.2 Å². The van der Waals surface area contributed by atoms with Gasteiger partial charge in [0.2, 0.25) is 0 Å². The first-order valence-corrected chi connectivity index (χ1v) is 9.40. The van der Waals surface area contributed by atoms with Gasteiger partial charge in [-0.3, -0.25) is 4.79 Å². The van der Waals surface area contributed by atoms with E-state index in [0.717, 1.165) is 6.07 Å². The molecule has 0 unspecified atom stereocenters. The summed E-state index contributed by atoms with van der Waals surface area (Å²) in [7, 11) is 1.57. The number of allylic oxidation sites excluding steroid dienone is 1. The molecule has 1 aliphatic rings. The summed E-state index contributed by atoms with van der Waals surface area (Å²) in [6, 6.07) is 11.0. The molecule has 2 N–H and O–H groups in total. The number of hydrogen-bond acceptors (Lipinski definition) is 4. The van der Waals surface area contributed by atoms with E-state index in [9.17, 15) is 18.8 Å². The number of esters is 1. The quantitative estimate of drug-likeness (QED) is 0.736. The normalized spacial score (nSPS) is 16.2. The summed E-state index contributed by atoms with van der Waals surface area (Å²) < 4.78 is 18.6. The number of hydrogen-bond donors (Lipinski definition) is 2. The number of rotatable bonds is 5. The van der Waals surface area contributed by atoms with Gasteiger partial charge in [0, 0.05) is 24.0 Å². The number of halogens is 1. The summed E-state index contributed by atoms with van der Waals surface area (Å²) in [6.45, 7) is 3.58. The minimum atomic E-state index is -0.737. The van der Waals surface area contributed by atoms with Gasteiger partial charge in [-0.2, -0.15) is 0 Å². The molecule has 0 bridgehead atoms. The maximum absolute atomic E-state index is 13.4. The Morgan fingerprint density at radius 2 is 1.93 bits per heavy atom. The highest BCUT2D eigenvalue weighted by molar-refractivity contribution is 6.04. The summed E-state index contributed by atoms with van der Waals surface area (Å²) in [5.41, 5.74) is 2.01. The maximum atomic E-state index is 13.4. The summed E-state index contributed by atoms with van der Waals surface area (Å²) >= 11 is 0. The number of amides is 3. The Balaban J connectivity index is 1.92. The monoisotopic (exact) mass is 411 g/mol. The smallest absolute Gasteiger partial charge is 0.338 e. The van der Waals surface area contributed by atoms with Crippen LogP contribution >= 0.6 is 0 Å². The molecular formula is C22H22FN3O4. The van der Waals surface area contributed by atoms with E-state index in [1.54, 1.807) is 45.2 Å². The zero-order chi connectivity index (χ0) is 21.8. The highest BCUT2D eigenvalue weighted by atomic mass is 19.1. The van der Waals surface area contributed by atoms with Crippen LogP contribution in [0.2, 0.25) is 0 Å². The van der Waals surface area contributed by atoms with Gasteiger partial charge in [-0.15, -0.1) is 0 Å². The lowest BCUT2D eigenvalue weighted by Gasteiger charge is -2.33. The van der Waals surface area contributed by atoms with Gasteiger partial charge in [0.25, 0.3) is 5.91 Å². The van der Waals surface area contributed by atoms with E-state index in [1.165, 1.54) is 23.1 Å². The largest absolute Gasteiger partial charge is 0.463 e. The van der Waals surface area contributed by atoms with Gasteiger partial charge in [-0.05, 0) is 49.7 Å². The van der Waals surface area contributed by atoms with Crippen molar-refractivity contribution >= 4 is 23.6 Å². The van der Waals surface area contributed by atoms with E-state index in [2.05, 4.69) is 10.6 Å².